The lowest BCUT2D eigenvalue weighted by Gasteiger charge is -2.35. The van der Waals surface area contributed by atoms with Gasteiger partial charge >= 0.3 is 6.03 Å². The Morgan fingerprint density at radius 3 is 2.70 bits per heavy atom. The predicted molar refractivity (Wildman–Crippen MR) is 143 cm³/mol. The van der Waals surface area contributed by atoms with Crippen LogP contribution in [0.1, 0.15) is 52.9 Å². The number of anilines is 2. The highest BCUT2D eigenvalue weighted by atomic mass is 16.5. The molecular weight excluding hydrogens is 516 g/mol. The van der Waals surface area contributed by atoms with Gasteiger partial charge in [-0.05, 0) is 43.7 Å². The summed E-state index contributed by atoms with van der Waals surface area (Å²) >= 11 is 0. The Labute approximate surface area is 231 Å². The third-order valence-corrected chi connectivity index (χ3v) is 7.64. The van der Waals surface area contributed by atoms with E-state index in [1.165, 1.54) is 17.2 Å². The van der Waals surface area contributed by atoms with Crippen molar-refractivity contribution >= 4 is 29.9 Å². The summed E-state index contributed by atoms with van der Waals surface area (Å²) in [5, 5.41) is 12.3. The Hall–Kier alpha value is -4.30. The number of aldehydes is 1. The third kappa shape index (κ3) is 5.27. The third-order valence-electron chi connectivity index (χ3n) is 7.64. The van der Waals surface area contributed by atoms with Gasteiger partial charge in [-0.2, -0.15) is 5.26 Å². The van der Waals surface area contributed by atoms with Gasteiger partial charge < -0.3 is 19.1 Å². The summed E-state index contributed by atoms with van der Waals surface area (Å²) in [6, 6.07) is 5.01. The number of carbonyl (C=O) groups excluding carboxylic acids is 3. The predicted octanol–water partition coefficient (Wildman–Crippen LogP) is 2.64. The zero-order chi connectivity index (χ0) is 28.2. The lowest BCUT2D eigenvalue weighted by atomic mass is 9.92. The van der Waals surface area contributed by atoms with Crippen LogP contribution in [0.4, 0.5) is 16.4 Å². The first-order chi connectivity index (χ1) is 19.5. The number of fused-ring (bicyclic) bond motifs is 1. The molecule has 0 aromatic carbocycles. The van der Waals surface area contributed by atoms with Crippen molar-refractivity contribution in [1.29, 1.82) is 5.26 Å². The summed E-state index contributed by atoms with van der Waals surface area (Å²) in [5.41, 5.74) is 2.38. The molecule has 2 aromatic rings. The van der Waals surface area contributed by atoms with Crippen molar-refractivity contribution in [2.24, 2.45) is 0 Å². The van der Waals surface area contributed by atoms with Crippen molar-refractivity contribution in [3.05, 3.63) is 46.4 Å². The molecule has 4 heterocycles. The van der Waals surface area contributed by atoms with Crippen LogP contribution in [0.2, 0.25) is 0 Å². The highest BCUT2D eigenvalue weighted by Gasteiger charge is 2.34. The number of aryl methyl sites for hydroxylation is 1. The van der Waals surface area contributed by atoms with E-state index >= 15 is 0 Å². The average molecular weight is 547 g/mol. The van der Waals surface area contributed by atoms with E-state index in [0.717, 1.165) is 18.4 Å². The molecule has 2 aromatic heterocycles. The molecule has 0 bridgehead atoms. The van der Waals surface area contributed by atoms with Gasteiger partial charge in [0.05, 0.1) is 12.3 Å². The highest BCUT2D eigenvalue weighted by molar-refractivity contribution is 6.01. The van der Waals surface area contributed by atoms with E-state index in [-0.39, 0.29) is 35.4 Å². The quantitative estimate of drug-likeness (QED) is 0.387. The number of methoxy groups -OCH3 is 2. The summed E-state index contributed by atoms with van der Waals surface area (Å²) in [6.07, 6.45) is 5.22. The second-order valence-corrected chi connectivity index (χ2v) is 9.93. The zero-order valence-corrected chi connectivity index (χ0v) is 22.4. The minimum absolute atomic E-state index is 0.0431. The molecule has 2 amide bonds. The molecule has 0 spiro atoms. The van der Waals surface area contributed by atoms with Crippen LogP contribution in [-0.2, 0) is 27.2 Å². The minimum Gasteiger partial charge on any atom is -0.486 e. The van der Waals surface area contributed by atoms with Crippen molar-refractivity contribution in [2.45, 2.75) is 57.0 Å². The maximum Gasteiger partial charge on any atom is 0.328 e. The van der Waals surface area contributed by atoms with Gasteiger partial charge in [-0.3, -0.25) is 15.0 Å². The number of amides is 2. The Bertz CT molecular complexity index is 1400. The number of ether oxygens (including phenoxy) is 3. The Balaban J connectivity index is 1.35. The Morgan fingerprint density at radius 2 is 2.02 bits per heavy atom. The molecule has 3 atom stereocenters. The maximum absolute atomic E-state index is 13.4. The largest absolute Gasteiger partial charge is 0.486 e. The van der Waals surface area contributed by atoms with E-state index in [1.54, 1.807) is 14.2 Å². The first kappa shape index (κ1) is 27.3. The summed E-state index contributed by atoms with van der Waals surface area (Å²) in [7, 11) is 3.17. The number of nitrogens with one attached hydrogen (secondary N) is 1. The zero-order valence-electron chi connectivity index (χ0n) is 22.4. The highest BCUT2D eigenvalue weighted by Crippen LogP contribution is 2.32. The molecule has 1 aliphatic carbocycles. The average Bonchev–Trinajstić information content (AvgIpc) is 3.36. The fraction of sp³-hybridized carbons (Fsp3) is 0.464. The number of pyridine rings is 2. The normalized spacial score (nSPS) is 21.6. The van der Waals surface area contributed by atoms with Crippen molar-refractivity contribution in [3.8, 4) is 11.8 Å². The molecule has 1 saturated carbocycles. The van der Waals surface area contributed by atoms with Crippen LogP contribution in [0.25, 0.3) is 0 Å². The molecule has 2 fully saturated rings. The second kappa shape index (κ2) is 11.8. The van der Waals surface area contributed by atoms with Crippen molar-refractivity contribution < 1.29 is 28.6 Å². The lowest BCUT2D eigenvalue weighted by molar-refractivity contribution is -0.0626. The number of hydrogen-bond acceptors (Lipinski definition) is 10. The Kier molecular flexibility index (Phi) is 8.07. The van der Waals surface area contributed by atoms with E-state index in [1.807, 2.05) is 16.9 Å². The summed E-state index contributed by atoms with van der Waals surface area (Å²) in [6.45, 7) is 1.32. The van der Waals surface area contributed by atoms with Crippen LogP contribution in [-0.4, -0.2) is 78.7 Å². The molecule has 0 unspecified atom stereocenters. The van der Waals surface area contributed by atoms with E-state index in [2.05, 4.69) is 21.4 Å². The van der Waals surface area contributed by atoms with Gasteiger partial charge in [0, 0.05) is 45.5 Å². The van der Waals surface area contributed by atoms with E-state index in [4.69, 9.17) is 14.2 Å². The fourth-order valence-corrected chi connectivity index (χ4v) is 5.32. The van der Waals surface area contributed by atoms with Crippen LogP contribution in [0.3, 0.4) is 0 Å². The van der Waals surface area contributed by atoms with Gasteiger partial charge in [0.2, 0.25) is 0 Å². The summed E-state index contributed by atoms with van der Waals surface area (Å²) in [4.78, 5) is 49.0. The number of likely N-dealkylation sites (tertiary alicyclic amines) is 1. The Morgan fingerprint density at radius 1 is 1.20 bits per heavy atom. The van der Waals surface area contributed by atoms with Gasteiger partial charge in [0.1, 0.15) is 58.6 Å². The number of hydrogen-bond donors (Lipinski definition) is 1. The van der Waals surface area contributed by atoms with Crippen LogP contribution in [0.5, 0.6) is 5.75 Å². The molecule has 2 aliphatic heterocycles. The summed E-state index contributed by atoms with van der Waals surface area (Å²) in [5.74, 6) is 2.92. The van der Waals surface area contributed by atoms with Crippen molar-refractivity contribution in [3.63, 3.8) is 0 Å². The van der Waals surface area contributed by atoms with Crippen LogP contribution < -0.4 is 15.0 Å². The van der Waals surface area contributed by atoms with Gasteiger partial charge in [-0.1, -0.05) is 0 Å². The van der Waals surface area contributed by atoms with E-state index in [9.17, 15) is 19.6 Å². The molecule has 1 saturated heterocycles. The van der Waals surface area contributed by atoms with Crippen molar-refractivity contribution in [1.82, 2.24) is 14.9 Å². The van der Waals surface area contributed by atoms with Gasteiger partial charge in [0.15, 0.2) is 6.29 Å². The van der Waals surface area contributed by atoms with Gasteiger partial charge in [0.25, 0.3) is 0 Å². The number of nitrogens with zero attached hydrogens (tertiary/aromatic N) is 5. The van der Waals surface area contributed by atoms with Crippen LogP contribution >= 0.6 is 0 Å². The fourth-order valence-electron chi connectivity index (χ4n) is 5.32. The van der Waals surface area contributed by atoms with E-state index < -0.39 is 6.03 Å². The van der Waals surface area contributed by atoms with Crippen LogP contribution in [0, 0.1) is 11.3 Å². The number of carbonyl (C=O) groups is 2. The van der Waals surface area contributed by atoms with Crippen molar-refractivity contribution in [2.75, 3.05) is 37.5 Å². The molecular formula is C28H30N6O6. The van der Waals surface area contributed by atoms with Crippen LogP contribution in [0.15, 0.2) is 24.0 Å². The molecule has 3 aliphatic rings. The number of urea groups is 1. The number of aromatic nitrogens is 2. The monoisotopic (exact) mass is 546 g/mol. The molecule has 0 radical (unpaired) electrons. The topological polar surface area (TPSA) is 147 Å². The summed E-state index contributed by atoms with van der Waals surface area (Å²) < 4.78 is 16.7. The number of nitriles is 1. The molecule has 1 N–H and O–H groups in total. The smallest absolute Gasteiger partial charge is 0.328 e. The lowest BCUT2D eigenvalue weighted by Crippen LogP contribution is -2.42. The molecule has 40 heavy (non-hydrogen) atoms. The molecule has 208 valence electrons. The van der Waals surface area contributed by atoms with Gasteiger partial charge in [-0.25, -0.2) is 19.6 Å². The molecule has 5 rings (SSSR count). The van der Waals surface area contributed by atoms with E-state index in [0.29, 0.717) is 68.0 Å². The number of rotatable bonds is 8. The first-order valence-corrected chi connectivity index (χ1v) is 13.2. The standard InChI is InChI=1S/C28H30N6O6/c1-38-22-7-9-33(21(22)16-36)14-18-10-17-4-3-8-34(27(17)31-20(18)15-35)28(37)32-26-11-25(19(12-29)13-30-26)40-24-6-5-23(24)39-2/h10-11,13,15,22-24H,3-9,14H2,1-2H3,(H,30,32,37)/t22-,23+,24+/m1/s1. The molecule has 12 heteroatoms. The maximum atomic E-state index is 13.4. The SMILES string of the molecule is CO[C@H]1CC[C@@H]1Oc1cc(NC(=O)N2CCCc3cc(CN4CC[C@@H](OC)C4=C=O)c(C=O)nc32)ncc1C#N. The second-order valence-electron chi connectivity index (χ2n) is 9.93. The minimum atomic E-state index is -0.465. The first-order valence-electron chi connectivity index (χ1n) is 13.2. The van der Waals surface area contributed by atoms with Gasteiger partial charge in [-0.15, -0.1) is 0 Å². The molecule has 12 nitrogen and oxygen atoms in total.